The zero-order valence-corrected chi connectivity index (χ0v) is 8.97. The standard InChI is InChI=1S/C11H14ClNO/c1-8-3-2-4-10(12)11(8)13-9-5-6-14-7-9/h2-4,9,13H,5-7H2,1H3. The van der Waals surface area contributed by atoms with Crippen molar-refractivity contribution >= 4 is 17.3 Å². The van der Waals surface area contributed by atoms with Crippen molar-refractivity contribution in [3.63, 3.8) is 0 Å². The van der Waals surface area contributed by atoms with Crippen molar-refractivity contribution in [2.24, 2.45) is 0 Å². The summed E-state index contributed by atoms with van der Waals surface area (Å²) >= 11 is 6.10. The summed E-state index contributed by atoms with van der Waals surface area (Å²) in [5.74, 6) is 0. The highest BCUT2D eigenvalue weighted by molar-refractivity contribution is 6.33. The Morgan fingerprint density at radius 2 is 2.36 bits per heavy atom. The number of para-hydroxylation sites is 1. The highest BCUT2D eigenvalue weighted by Crippen LogP contribution is 2.27. The van der Waals surface area contributed by atoms with E-state index in [0.717, 1.165) is 30.3 Å². The molecular formula is C11H14ClNO. The average molecular weight is 212 g/mol. The third kappa shape index (κ3) is 2.02. The van der Waals surface area contributed by atoms with E-state index in [1.54, 1.807) is 0 Å². The van der Waals surface area contributed by atoms with Gasteiger partial charge in [0.15, 0.2) is 0 Å². The summed E-state index contributed by atoms with van der Waals surface area (Å²) in [6.07, 6.45) is 1.06. The second-order valence-corrected chi connectivity index (χ2v) is 4.04. The fourth-order valence-corrected chi connectivity index (χ4v) is 1.94. The Labute approximate surface area is 89.2 Å². The van der Waals surface area contributed by atoms with E-state index < -0.39 is 0 Å². The predicted octanol–water partition coefficient (Wildman–Crippen LogP) is 2.85. The maximum atomic E-state index is 6.10. The Morgan fingerprint density at radius 1 is 1.50 bits per heavy atom. The molecule has 0 saturated carbocycles. The van der Waals surface area contributed by atoms with Crippen molar-refractivity contribution in [1.29, 1.82) is 0 Å². The van der Waals surface area contributed by atoms with E-state index in [1.807, 2.05) is 12.1 Å². The second kappa shape index (κ2) is 4.20. The van der Waals surface area contributed by atoms with Crippen LogP contribution in [0.4, 0.5) is 5.69 Å². The van der Waals surface area contributed by atoms with E-state index in [1.165, 1.54) is 5.56 Å². The van der Waals surface area contributed by atoms with Gasteiger partial charge >= 0.3 is 0 Å². The zero-order chi connectivity index (χ0) is 9.97. The molecule has 1 fully saturated rings. The normalized spacial score (nSPS) is 21.1. The summed E-state index contributed by atoms with van der Waals surface area (Å²) in [6.45, 7) is 3.69. The third-order valence-electron chi connectivity index (χ3n) is 2.50. The summed E-state index contributed by atoms with van der Waals surface area (Å²) < 4.78 is 5.30. The Hall–Kier alpha value is -0.730. The molecule has 1 atom stereocenters. The molecule has 0 radical (unpaired) electrons. The van der Waals surface area contributed by atoms with Crippen LogP contribution in [0.25, 0.3) is 0 Å². The van der Waals surface area contributed by atoms with Gasteiger partial charge in [0.25, 0.3) is 0 Å². The average Bonchev–Trinajstić information content (AvgIpc) is 2.64. The summed E-state index contributed by atoms with van der Waals surface area (Å²) in [4.78, 5) is 0. The van der Waals surface area contributed by atoms with E-state index in [2.05, 4.69) is 18.3 Å². The van der Waals surface area contributed by atoms with Gasteiger partial charge in [0.2, 0.25) is 0 Å². The lowest BCUT2D eigenvalue weighted by Crippen LogP contribution is -2.19. The van der Waals surface area contributed by atoms with Crippen LogP contribution in [0.1, 0.15) is 12.0 Å². The van der Waals surface area contributed by atoms with Crippen LogP contribution in [0.15, 0.2) is 18.2 Å². The van der Waals surface area contributed by atoms with Gasteiger partial charge in [0.05, 0.1) is 23.4 Å². The first-order chi connectivity index (χ1) is 6.77. The van der Waals surface area contributed by atoms with Crippen molar-refractivity contribution < 1.29 is 4.74 Å². The van der Waals surface area contributed by atoms with Crippen LogP contribution in [0.5, 0.6) is 0 Å². The summed E-state index contributed by atoms with van der Waals surface area (Å²) in [5.41, 5.74) is 2.23. The molecule has 1 heterocycles. The maximum absolute atomic E-state index is 6.10. The van der Waals surface area contributed by atoms with Gasteiger partial charge in [0, 0.05) is 6.61 Å². The minimum Gasteiger partial charge on any atom is -0.379 e. The molecule has 0 spiro atoms. The minimum atomic E-state index is 0.411. The van der Waals surface area contributed by atoms with Crippen molar-refractivity contribution in [2.75, 3.05) is 18.5 Å². The van der Waals surface area contributed by atoms with Gasteiger partial charge < -0.3 is 10.1 Å². The number of nitrogens with one attached hydrogen (secondary N) is 1. The molecule has 1 aromatic carbocycles. The summed E-state index contributed by atoms with van der Waals surface area (Å²) in [7, 11) is 0. The van der Waals surface area contributed by atoms with Crippen LogP contribution < -0.4 is 5.32 Å². The molecule has 76 valence electrons. The lowest BCUT2D eigenvalue weighted by molar-refractivity contribution is 0.195. The van der Waals surface area contributed by atoms with E-state index in [4.69, 9.17) is 16.3 Å². The highest BCUT2D eigenvalue weighted by Gasteiger charge is 2.16. The Balaban J connectivity index is 2.14. The number of hydrogen-bond acceptors (Lipinski definition) is 2. The quantitative estimate of drug-likeness (QED) is 0.813. The van der Waals surface area contributed by atoms with Crippen molar-refractivity contribution in [3.8, 4) is 0 Å². The molecule has 3 heteroatoms. The first-order valence-electron chi connectivity index (χ1n) is 4.87. The zero-order valence-electron chi connectivity index (χ0n) is 8.22. The number of anilines is 1. The fourth-order valence-electron chi connectivity index (χ4n) is 1.67. The van der Waals surface area contributed by atoms with Crippen molar-refractivity contribution in [2.45, 2.75) is 19.4 Å². The predicted molar refractivity (Wildman–Crippen MR) is 59.0 cm³/mol. The van der Waals surface area contributed by atoms with Gasteiger partial charge in [-0.25, -0.2) is 0 Å². The number of aryl methyl sites for hydroxylation is 1. The number of rotatable bonds is 2. The molecule has 0 amide bonds. The van der Waals surface area contributed by atoms with Crippen molar-refractivity contribution in [1.82, 2.24) is 0 Å². The molecule has 0 bridgehead atoms. The van der Waals surface area contributed by atoms with E-state index in [0.29, 0.717) is 6.04 Å². The smallest absolute Gasteiger partial charge is 0.0668 e. The largest absolute Gasteiger partial charge is 0.379 e. The third-order valence-corrected chi connectivity index (χ3v) is 2.82. The summed E-state index contributed by atoms with van der Waals surface area (Å²) in [6, 6.07) is 6.35. The number of ether oxygens (including phenoxy) is 1. The molecule has 1 N–H and O–H groups in total. The van der Waals surface area contributed by atoms with Crippen molar-refractivity contribution in [3.05, 3.63) is 28.8 Å². The minimum absolute atomic E-state index is 0.411. The topological polar surface area (TPSA) is 21.3 Å². The van der Waals surface area contributed by atoms with Gasteiger partial charge in [-0.1, -0.05) is 23.7 Å². The van der Waals surface area contributed by atoms with E-state index in [-0.39, 0.29) is 0 Å². The van der Waals surface area contributed by atoms with Gasteiger partial charge in [-0.15, -0.1) is 0 Å². The van der Waals surface area contributed by atoms with Crippen LogP contribution in [0.2, 0.25) is 5.02 Å². The molecule has 1 aromatic rings. The number of halogens is 1. The molecule has 0 aliphatic carbocycles. The van der Waals surface area contributed by atoms with E-state index >= 15 is 0 Å². The molecule has 2 nitrogen and oxygen atoms in total. The van der Waals surface area contributed by atoms with Crippen LogP contribution >= 0.6 is 11.6 Å². The van der Waals surface area contributed by atoms with Gasteiger partial charge in [-0.3, -0.25) is 0 Å². The van der Waals surface area contributed by atoms with Crippen LogP contribution in [0.3, 0.4) is 0 Å². The monoisotopic (exact) mass is 211 g/mol. The van der Waals surface area contributed by atoms with Crippen LogP contribution in [-0.2, 0) is 4.74 Å². The molecular weight excluding hydrogens is 198 g/mol. The molecule has 0 aromatic heterocycles. The number of benzene rings is 1. The van der Waals surface area contributed by atoms with Gasteiger partial charge in [-0.2, -0.15) is 0 Å². The lowest BCUT2D eigenvalue weighted by Gasteiger charge is -2.15. The Morgan fingerprint density at radius 3 is 3.00 bits per heavy atom. The first-order valence-corrected chi connectivity index (χ1v) is 5.24. The Kier molecular flexibility index (Phi) is 2.94. The van der Waals surface area contributed by atoms with Gasteiger partial charge in [-0.05, 0) is 25.0 Å². The lowest BCUT2D eigenvalue weighted by atomic mass is 10.1. The van der Waals surface area contributed by atoms with Crippen LogP contribution in [-0.4, -0.2) is 19.3 Å². The molecule has 1 aliphatic heterocycles. The Bertz CT molecular complexity index is 301. The molecule has 1 unspecified atom stereocenters. The van der Waals surface area contributed by atoms with E-state index in [9.17, 15) is 0 Å². The van der Waals surface area contributed by atoms with Crippen LogP contribution in [0, 0.1) is 6.92 Å². The molecule has 2 rings (SSSR count). The van der Waals surface area contributed by atoms with Gasteiger partial charge in [0.1, 0.15) is 0 Å². The highest BCUT2D eigenvalue weighted by atomic mass is 35.5. The molecule has 14 heavy (non-hydrogen) atoms. The summed E-state index contributed by atoms with van der Waals surface area (Å²) in [5, 5.41) is 4.21. The first kappa shape index (κ1) is 9.81. The maximum Gasteiger partial charge on any atom is 0.0668 e. The molecule has 1 saturated heterocycles. The molecule has 1 aliphatic rings. The fraction of sp³-hybridized carbons (Fsp3) is 0.455. The SMILES string of the molecule is Cc1cccc(Cl)c1NC1CCOC1. The number of hydrogen-bond donors (Lipinski definition) is 1. The second-order valence-electron chi connectivity index (χ2n) is 3.64.